The molecule has 2 aromatic rings. The van der Waals surface area contributed by atoms with E-state index in [0.717, 1.165) is 12.1 Å². The molecular weight excluding hydrogens is 309 g/mol. The normalized spacial score (nSPS) is 10.4. The van der Waals surface area contributed by atoms with Gasteiger partial charge in [0, 0.05) is 22.7 Å². The van der Waals surface area contributed by atoms with Crippen LogP contribution >= 0.6 is 23.2 Å². The van der Waals surface area contributed by atoms with E-state index in [0.29, 0.717) is 0 Å². The van der Waals surface area contributed by atoms with Crippen molar-refractivity contribution in [2.75, 3.05) is 7.11 Å². The van der Waals surface area contributed by atoms with Gasteiger partial charge >= 0.3 is 0 Å². The van der Waals surface area contributed by atoms with Crippen LogP contribution < -0.4 is 4.74 Å². The Bertz CT molecular complexity index is 664. The standard InChI is InChI=1S/C14H8Cl2F2O2/c1-20-8-5-11(17)13(12(18)6-8)14(19)9-4-7(15)2-3-10(9)16/h2-6H,1H3. The average molecular weight is 317 g/mol. The maximum absolute atomic E-state index is 13.8. The van der Waals surface area contributed by atoms with E-state index in [-0.39, 0.29) is 21.4 Å². The van der Waals surface area contributed by atoms with E-state index in [1.807, 2.05) is 0 Å². The second kappa shape index (κ2) is 5.77. The number of hydrogen-bond acceptors (Lipinski definition) is 2. The number of halogens is 4. The third-order valence-corrected chi connectivity index (χ3v) is 3.22. The molecule has 20 heavy (non-hydrogen) atoms. The summed E-state index contributed by atoms with van der Waals surface area (Å²) in [7, 11) is 1.27. The van der Waals surface area contributed by atoms with Gasteiger partial charge in [-0.05, 0) is 18.2 Å². The highest BCUT2D eigenvalue weighted by molar-refractivity contribution is 6.36. The van der Waals surface area contributed by atoms with Crippen LogP contribution in [0.4, 0.5) is 8.78 Å². The fourth-order valence-electron chi connectivity index (χ4n) is 1.69. The van der Waals surface area contributed by atoms with Crippen LogP contribution in [0.5, 0.6) is 5.75 Å². The summed E-state index contributed by atoms with van der Waals surface area (Å²) in [6.07, 6.45) is 0. The van der Waals surface area contributed by atoms with Gasteiger partial charge in [-0.1, -0.05) is 23.2 Å². The van der Waals surface area contributed by atoms with Crippen molar-refractivity contribution in [3.8, 4) is 5.75 Å². The van der Waals surface area contributed by atoms with E-state index < -0.39 is 23.0 Å². The minimum atomic E-state index is -1.03. The molecule has 0 N–H and O–H groups in total. The number of hydrogen-bond donors (Lipinski definition) is 0. The summed E-state index contributed by atoms with van der Waals surface area (Å²) in [5.74, 6) is -2.95. The Labute approximate surface area is 123 Å². The number of rotatable bonds is 3. The first-order chi connectivity index (χ1) is 9.43. The van der Waals surface area contributed by atoms with Crippen molar-refractivity contribution in [2.45, 2.75) is 0 Å². The van der Waals surface area contributed by atoms with Gasteiger partial charge in [-0.2, -0.15) is 0 Å². The van der Waals surface area contributed by atoms with Gasteiger partial charge < -0.3 is 4.74 Å². The fourth-order valence-corrected chi connectivity index (χ4v) is 2.07. The smallest absolute Gasteiger partial charge is 0.200 e. The van der Waals surface area contributed by atoms with Gasteiger partial charge in [0.25, 0.3) is 0 Å². The Morgan fingerprint density at radius 3 is 2.25 bits per heavy atom. The summed E-state index contributed by atoms with van der Waals surface area (Å²) < 4.78 is 32.4. The van der Waals surface area contributed by atoms with Crippen LogP contribution in [0.3, 0.4) is 0 Å². The molecule has 2 rings (SSSR count). The van der Waals surface area contributed by atoms with E-state index in [1.54, 1.807) is 0 Å². The van der Waals surface area contributed by atoms with Gasteiger partial charge in [-0.3, -0.25) is 4.79 Å². The maximum atomic E-state index is 13.8. The lowest BCUT2D eigenvalue weighted by Gasteiger charge is -2.08. The van der Waals surface area contributed by atoms with Gasteiger partial charge in [0.05, 0.1) is 17.7 Å². The minimum Gasteiger partial charge on any atom is -0.497 e. The first kappa shape index (κ1) is 14.8. The molecule has 0 bridgehead atoms. The van der Waals surface area contributed by atoms with Gasteiger partial charge in [0.2, 0.25) is 0 Å². The zero-order valence-electron chi connectivity index (χ0n) is 10.2. The van der Waals surface area contributed by atoms with Crippen molar-refractivity contribution in [3.63, 3.8) is 0 Å². The Morgan fingerprint density at radius 2 is 1.70 bits per heavy atom. The van der Waals surface area contributed by atoms with Crippen LogP contribution in [-0.4, -0.2) is 12.9 Å². The second-order valence-corrected chi connectivity index (χ2v) is 4.76. The van der Waals surface area contributed by atoms with E-state index in [1.165, 1.54) is 25.3 Å². The third-order valence-electron chi connectivity index (χ3n) is 2.65. The molecule has 0 saturated carbocycles. The highest BCUT2D eigenvalue weighted by atomic mass is 35.5. The SMILES string of the molecule is COc1cc(F)c(C(=O)c2cc(Cl)ccc2Cl)c(F)c1. The van der Waals surface area contributed by atoms with E-state index in [4.69, 9.17) is 27.9 Å². The monoisotopic (exact) mass is 316 g/mol. The molecule has 0 radical (unpaired) electrons. The van der Waals surface area contributed by atoms with Crippen molar-refractivity contribution < 1.29 is 18.3 Å². The Morgan fingerprint density at radius 1 is 1.10 bits per heavy atom. The van der Waals surface area contributed by atoms with E-state index in [2.05, 4.69) is 0 Å². The van der Waals surface area contributed by atoms with Gasteiger partial charge in [-0.15, -0.1) is 0 Å². The zero-order valence-corrected chi connectivity index (χ0v) is 11.7. The third kappa shape index (κ3) is 2.76. The Balaban J connectivity index is 2.56. The predicted octanol–water partition coefficient (Wildman–Crippen LogP) is 4.51. The quantitative estimate of drug-likeness (QED) is 0.779. The van der Waals surface area contributed by atoms with Crippen LogP contribution in [-0.2, 0) is 0 Å². The Hall–Kier alpha value is -1.65. The van der Waals surface area contributed by atoms with Crippen molar-refractivity contribution in [3.05, 3.63) is 63.1 Å². The van der Waals surface area contributed by atoms with Crippen LogP contribution in [0, 0.1) is 11.6 Å². The molecule has 0 spiro atoms. The van der Waals surface area contributed by atoms with Crippen molar-refractivity contribution in [1.82, 2.24) is 0 Å². The summed E-state index contributed by atoms with van der Waals surface area (Å²) >= 11 is 11.6. The number of methoxy groups -OCH3 is 1. The number of ether oxygens (including phenoxy) is 1. The zero-order chi connectivity index (χ0) is 14.9. The molecule has 104 valence electrons. The van der Waals surface area contributed by atoms with Gasteiger partial charge in [0.15, 0.2) is 5.78 Å². The van der Waals surface area contributed by atoms with Crippen molar-refractivity contribution in [2.24, 2.45) is 0 Å². The molecule has 0 heterocycles. The lowest BCUT2D eigenvalue weighted by molar-refractivity contribution is 0.103. The molecule has 2 aromatic carbocycles. The molecular formula is C14H8Cl2F2O2. The first-order valence-electron chi connectivity index (χ1n) is 5.47. The molecule has 0 aromatic heterocycles. The largest absolute Gasteiger partial charge is 0.497 e. The lowest BCUT2D eigenvalue weighted by atomic mass is 10.0. The van der Waals surface area contributed by atoms with Crippen molar-refractivity contribution in [1.29, 1.82) is 0 Å². The second-order valence-electron chi connectivity index (χ2n) is 3.92. The maximum Gasteiger partial charge on any atom is 0.200 e. The number of carbonyl (C=O) groups is 1. The van der Waals surface area contributed by atoms with Gasteiger partial charge in [-0.25, -0.2) is 8.78 Å². The lowest BCUT2D eigenvalue weighted by Crippen LogP contribution is -2.08. The average Bonchev–Trinajstić information content (AvgIpc) is 2.40. The molecule has 0 fully saturated rings. The highest BCUT2D eigenvalue weighted by Crippen LogP contribution is 2.27. The number of ketones is 1. The summed E-state index contributed by atoms with van der Waals surface area (Å²) in [4.78, 5) is 12.2. The molecule has 6 heteroatoms. The molecule has 2 nitrogen and oxygen atoms in total. The van der Waals surface area contributed by atoms with Crippen molar-refractivity contribution >= 4 is 29.0 Å². The molecule has 0 aliphatic carbocycles. The first-order valence-corrected chi connectivity index (χ1v) is 6.22. The summed E-state index contributed by atoms with van der Waals surface area (Å²) in [5.41, 5.74) is -0.767. The van der Waals surface area contributed by atoms with E-state index >= 15 is 0 Å². The summed E-state index contributed by atoms with van der Waals surface area (Å²) in [6, 6.07) is 5.97. The molecule has 0 unspecified atom stereocenters. The number of carbonyl (C=O) groups excluding carboxylic acids is 1. The van der Waals surface area contributed by atoms with E-state index in [9.17, 15) is 13.6 Å². The van der Waals surface area contributed by atoms with Gasteiger partial charge in [0.1, 0.15) is 17.4 Å². The minimum absolute atomic E-state index is 0.0197. The van der Waals surface area contributed by atoms with Crippen LogP contribution in [0.15, 0.2) is 30.3 Å². The summed E-state index contributed by atoms with van der Waals surface area (Å²) in [5, 5.41) is 0.307. The molecule has 0 atom stereocenters. The van der Waals surface area contributed by atoms with Crippen LogP contribution in [0.1, 0.15) is 15.9 Å². The summed E-state index contributed by atoms with van der Waals surface area (Å²) in [6.45, 7) is 0. The molecule has 0 aliphatic heterocycles. The van der Waals surface area contributed by atoms with Crippen LogP contribution in [0.25, 0.3) is 0 Å². The predicted molar refractivity (Wildman–Crippen MR) is 72.8 cm³/mol. The highest BCUT2D eigenvalue weighted by Gasteiger charge is 2.22. The van der Waals surface area contributed by atoms with Crippen LogP contribution in [0.2, 0.25) is 10.0 Å². The molecule has 0 amide bonds. The number of benzene rings is 2. The Kier molecular flexibility index (Phi) is 4.26. The molecule has 0 aliphatic rings. The topological polar surface area (TPSA) is 26.3 Å². The molecule has 0 saturated heterocycles. The fraction of sp³-hybridized carbons (Fsp3) is 0.0714.